The molecule has 1 fully saturated rings. The largest absolute Gasteiger partial charge is 0.394 e. The van der Waals surface area contributed by atoms with E-state index in [1.807, 2.05) is 0 Å². The normalized spacial score (nSPS) is 26.7. The van der Waals surface area contributed by atoms with Crippen molar-refractivity contribution in [3.05, 3.63) is 35.6 Å². The molecule has 0 radical (unpaired) electrons. The minimum Gasteiger partial charge on any atom is -0.394 e. The van der Waals surface area contributed by atoms with Crippen LogP contribution in [0.2, 0.25) is 0 Å². The Labute approximate surface area is 82.3 Å². The van der Waals surface area contributed by atoms with Gasteiger partial charge in [0.2, 0.25) is 0 Å². The quantitative estimate of drug-likeness (QED) is 0.780. The Balaban J connectivity index is 2.06. The van der Waals surface area contributed by atoms with Gasteiger partial charge in [-0.2, -0.15) is 0 Å². The van der Waals surface area contributed by atoms with Crippen molar-refractivity contribution < 1.29 is 14.2 Å². The van der Waals surface area contributed by atoms with E-state index in [9.17, 15) is 4.39 Å². The maximum atomic E-state index is 12.6. The number of hydrogen-bond donors (Lipinski definition) is 1. The Hall–Kier alpha value is -0.930. The van der Waals surface area contributed by atoms with Crippen LogP contribution in [0.5, 0.6) is 0 Å². The van der Waals surface area contributed by atoms with E-state index in [2.05, 4.69) is 0 Å². The molecule has 14 heavy (non-hydrogen) atoms. The van der Waals surface area contributed by atoms with E-state index in [4.69, 9.17) is 9.84 Å². The molecule has 2 atom stereocenters. The third kappa shape index (κ3) is 1.94. The number of halogens is 1. The maximum absolute atomic E-state index is 12.6. The Morgan fingerprint density at radius 3 is 2.64 bits per heavy atom. The fourth-order valence-corrected chi connectivity index (χ4v) is 1.80. The molecule has 0 aromatic heterocycles. The summed E-state index contributed by atoms with van der Waals surface area (Å²) >= 11 is 0. The predicted octanol–water partition coefficient (Wildman–Crippen LogP) is 1.69. The highest BCUT2D eigenvalue weighted by Crippen LogP contribution is 2.29. The predicted molar refractivity (Wildman–Crippen MR) is 50.6 cm³/mol. The number of ether oxygens (including phenoxy) is 1. The van der Waals surface area contributed by atoms with Gasteiger partial charge in [-0.1, -0.05) is 12.1 Å². The first-order valence-corrected chi connectivity index (χ1v) is 4.77. The van der Waals surface area contributed by atoms with E-state index in [-0.39, 0.29) is 18.5 Å². The summed E-state index contributed by atoms with van der Waals surface area (Å²) < 4.78 is 18.0. The molecule has 2 rings (SSSR count). The number of rotatable bonds is 2. The lowest BCUT2D eigenvalue weighted by Crippen LogP contribution is -2.09. The van der Waals surface area contributed by atoms with Crippen LogP contribution in [0.15, 0.2) is 24.3 Å². The minimum absolute atomic E-state index is 0.0509. The molecule has 0 aliphatic carbocycles. The molecule has 1 N–H and O–H groups in total. The number of aliphatic hydroxyl groups is 1. The Morgan fingerprint density at radius 1 is 1.36 bits per heavy atom. The molecule has 1 heterocycles. The topological polar surface area (TPSA) is 29.5 Å². The molecule has 2 nitrogen and oxygen atoms in total. The van der Waals surface area contributed by atoms with Crippen LogP contribution in [0.25, 0.3) is 0 Å². The first kappa shape index (κ1) is 9.62. The van der Waals surface area contributed by atoms with Crippen LogP contribution < -0.4 is 0 Å². The van der Waals surface area contributed by atoms with Gasteiger partial charge in [0.1, 0.15) is 5.82 Å². The van der Waals surface area contributed by atoms with Gasteiger partial charge >= 0.3 is 0 Å². The summed E-state index contributed by atoms with van der Waals surface area (Å²) in [7, 11) is 0. The molecule has 0 spiro atoms. The molecule has 2 unspecified atom stereocenters. The van der Waals surface area contributed by atoms with Crippen LogP contribution in [-0.4, -0.2) is 24.4 Å². The van der Waals surface area contributed by atoms with Gasteiger partial charge in [-0.15, -0.1) is 0 Å². The first-order chi connectivity index (χ1) is 6.79. The van der Waals surface area contributed by atoms with Crippen LogP contribution in [0.3, 0.4) is 0 Å². The van der Waals surface area contributed by atoms with Crippen molar-refractivity contribution in [2.24, 2.45) is 0 Å². The molecular weight excluding hydrogens is 183 g/mol. The molecule has 1 aromatic carbocycles. The standard InChI is InChI=1S/C11H13FO2/c12-10-3-1-8(2-4-10)9-5-11(6-13)14-7-9/h1-4,9,11,13H,5-7H2. The molecule has 76 valence electrons. The lowest BCUT2D eigenvalue weighted by molar-refractivity contribution is 0.0585. The fraction of sp³-hybridized carbons (Fsp3) is 0.455. The molecule has 0 amide bonds. The van der Waals surface area contributed by atoms with E-state index in [1.54, 1.807) is 12.1 Å². The van der Waals surface area contributed by atoms with E-state index in [1.165, 1.54) is 12.1 Å². The molecule has 3 heteroatoms. The molecule has 0 saturated carbocycles. The minimum atomic E-state index is -0.216. The lowest BCUT2D eigenvalue weighted by atomic mass is 9.96. The van der Waals surface area contributed by atoms with Crippen molar-refractivity contribution in [1.82, 2.24) is 0 Å². The van der Waals surface area contributed by atoms with Crippen molar-refractivity contribution in [3.63, 3.8) is 0 Å². The van der Waals surface area contributed by atoms with Crippen molar-refractivity contribution in [1.29, 1.82) is 0 Å². The van der Waals surface area contributed by atoms with Gasteiger partial charge in [0.15, 0.2) is 0 Å². The highest BCUT2D eigenvalue weighted by molar-refractivity contribution is 5.21. The Morgan fingerprint density at radius 2 is 2.07 bits per heavy atom. The van der Waals surface area contributed by atoms with Crippen LogP contribution in [0, 0.1) is 5.82 Å². The zero-order valence-electron chi connectivity index (χ0n) is 7.82. The van der Waals surface area contributed by atoms with Crippen molar-refractivity contribution >= 4 is 0 Å². The number of benzene rings is 1. The summed E-state index contributed by atoms with van der Waals surface area (Å²) in [5, 5.41) is 8.89. The van der Waals surface area contributed by atoms with E-state index >= 15 is 0 Å². The second-order valence-electron chi connectivity index (χ2n) is 3.62. The highest BCUT2D eigenvalue weighted by atomic mass is 19.1. The fourth-order valence-electron chi connectivity index (χ4n) is 1.80. The SMILES string of the molecule is OCC1CC(c2ccc(F)cc2)CO1. The van der Waals surface area contributed by atoms with Gasteiger partial charge in [0, 0.05) is 5.92 Å². The maximum Gasteiger partial charge on any atom is 0.123 e. The van der Waals surface area contributed by atoms with Gasteiger partial charge in [-0.25, -0.2) is 4.39 Å². The van der Waals surface area contributed by atoms with Crippen LogP contribution in [0.1, 0.15) is 17.9 Å². The Kier molecular flexibility index (Phi) is 2.79. The monoisotopic (exact) mass is 196 g/mol. The van der Waals surface area contributed by atoms with Crippen molar-refractivity contribution in [2.45, 2.75) is 18.4 Å². The van der Waals surface area contributed by atoms with Gasteiger partial charge in [-0.3, -0.25) is 0 Å². The van der Waals surface area contributed by atoms with Gasteiger partial charge in [0.05, 0.1) is 19.3 Å². The summed E-state index contributed by atoms with van der Waals surface area (Å²) in [5.41, 5.74) is 1.09. The van der Waals surface area contributed by atoms with Gasteiger partial charge < -0.3 is 9.84 Å². The number of aliphatic hydroxyl groups excluding tert-OH is 1. The van der Waals surface area contributed by atoms with Crippen molar-refractivity contribution in [2.75, 3.05) is 13.2 Å². The third-order valence-electron chi connectivity index (χ3n) is 2.63. The zero-order chi connectivity index (χ0) is 9.97. The smallest absolute Gasteiger partial charge is 0.123 e. The highest BCUT2D eigenvalue weighted by Gasteiger charge is 2.25. The summed E-state index contributed by atoms with van der Waals surface area (Å²) in [6.45, 7) is 0.689. The summed E-state index contributed by atoms with van der Waals surface area (Å²) in [5.74, 6) is 0.0825. The van der Waals surface area contributed by atoms with Gasteiger partial charge in [0.25, 0.3) is 0 Å². The summed E-state index contributed by atoms with van der Waals surface area (Å²) in [6, 6.07) is 6.48. The second-order valence-corrected chi connectivity index (χ2v) is 3.62. The molecule has 1 aromatic rings. The van der Waals surface area contributed by atoms with Gasteiger partial charge in [-0.05, 0) is 24.1 Å². The summed E-state index contributed by atoms with van der Waals surface area (Å²) in [6.07, 6.45) is 0.771. The molecule has 0 bridgehead atoms. The average Bonchev–Trinajstić information content (AvgIpc) is 2.67. The second kappa shape index (κ2) is 4.07. The van der Waals surface area contributed by atoms with E-state index < -0.39 is 0 Å². The van der Waals surface area contributed by atoms with Crippen LogP contribution in [0.4, 0.5) is 4.39 Å². The van der Waals surface area contributed by atoms with E-state index in [0.717, 1.165) is 12.0 Å². The summed E-state index contributed by atoms with van der Waals surface area (Å²) in [4.78, 5) is 0. The average molecular weight is 196 g/mol. The van der Waals surface area contributed by atoms with E-state index in [0.29, 0.717) is 12.5 Å². The molecule has 1 aliphatic rings. The Bertz CT molecular complexity index is 297. The zero-order valence-corrected chi connectivity index (χ0v) is 7.82. The molecule has 1 saturated heterocycles. The van der Waals surface area contributed by atoms with Crippen LogP contribution >= 0.6 is 0 Å². The van der Waals surface area contributed by atoms with Crippen molar-refractivity contribution in [3.8, 4) is 0 Å². The third-order valence-corrected chi connectivity index (χ3v) is 2.63. The van der Waals surface area contributed by atoms with Crippen LogP contribution in [-0.2, 0) is 4.74 Å². The number of hydrogen-bond acceptors (Lipinski definition) is 2. The molecule has 1 aliphatic heterocycles. The lowest BCUT2D eigenvalue weighted by Gasteiger charge is -2.07. The first-order valence-electron chi connectivity index (χ1n) is 4.77. The molecular formula is C11H13FO2.